The number of hydrogen-bond donors (Lipinski definition) is 0. The standard InChI is InChI=1S/C27H48O13S/c1-30-7-8-31-9-10-32-11-12-33-13-14-34-15-16-35-17-18-36-19-20-37-21-22-38-23-24-39-25-26-40-41(28,29)27-5-3-2-4-6-27/h2-6H,7-26H2,1H3. The van der Waals surface area contributed by atoms with Crippen LogP contribution < -0.4 is 0 Å². The summed E-state index contributed by atoms with van der Waals surface area (Å²) in [5.41, 5.74) is 0. The lowest BCUT2D eigenvalue weighted by Crippen LogP contribution is -2.15. The molecule has 0 aliphatic rings. The zero-order valence-electron chi connectivity index (χ0n) is 24.2. The smallest absolute Gasteiger partial charge is 0.297 e. The maximum absolute atomic E-state index is 11.9. The van der Waals surface area contributed by atoms with Crippen molar-refractivity contribution in [2.24, 2.45) is 0 Å². The number of methoxy groups -OCH3 is 1. The van der Waals surface area contributed by atoms with Gasteiger partial charge in [-0.1, -0.05) is 18.2 Å². The summed E-state index contributed by atoms with van der Waals surface area (Å²) in [5.74, 6) is 0. The molecule has 0 saturated carbocycles. The first-order valence-electron chi connectivity index (χ1n) is 13.8. The molecule has 0 atom stereocenters. The molecule has 1 aromatic carbocycles. The molecule has 0 radical (unpaired) electrons. The van der Waals surface area contributed by atoms with Crippen LogP contribution in [0.2, 0.25) is 0 Å². The maximum Gasteiger partial charge on any atom is 0.297 e. The van der Waals surface area contributed by atoms with Crippen LogP contribution in [0.5, 0.6) is 0 Å². The zero-order chi connectivity index (χ0) is 29.5. The Hall–Kier alpha value is -1.27. The average Bonchev–Trinajstić information content (AvgIpc) is 2.98. The van der Waals surface area contributed by atoms with Crippen LogP contribution in [-0.2, 0) is 61.7 Å². The fourth-order valence-corrected chi connectivity index (χ4v) is 3.78. The molecule has 41 heavy (non-hydrogen) atoms. The predicted molar refractivity (Wildman–Crippen MR) is 149 cm³/mol. The van der Waals surface area contributed by atoms with E-state index in [9.17, 15) is 8.42 Å². The number of hydrogen-bond acceptors (Lipinski definition) is 13. The molecule has 0 heterocycles. The largest absolute Gasteiger partial charge is 0.382 e. The van der Waals surface area contributed by atoms with Crippen molar-refractivity contribution in [2.75, 3.05) is 139 Å². The van der Waals surface area contributed by atoms with Crippen LogP contribution in [0, 0.1) is 0 Å². The second-order valence-electron chi connectivity index (χ2n) is 8.09. The van der Waals surface area contributed by atoms with Gasteiger partial charge in [-0.3, -0.25) is 4.18 Å². The van der Waals surface area contributed by atoms with Crippen molar-refractivity contribution < 1.29 is 60.0 Å². The Morgan fingerprint density at radius 1 is 0.415 bits per heavy atom. The van der Waals surface area contributed by atoms with E-state index < -0.39 is 10.1 Å². The van der Waals surface area contributed by atoms with Gasteiger partial charge in [-0.25, -0.2) is 0 Å². The van der Waals surface area contributed by atoms with Crippen LogP contribution >= 0.6 is 0 Å². The number of ether oxygens (including phenoxy) is 10. The second kappa shape index (κ2) is 28.8. The predicted octanol–water partition coefficient (Wildman–Crippen LogP) is 1.19. The Morgan fingerprint density at radius 3 is 0.976 bits per heavy atom. The van der Waals surface area contributed by atoms with Crippen LogP contribution in [0.25, 0.3) is 0 Å². The third-order valence-electron chi connectivity index (χ3n) is 4.91. The molecule has 240 valence electrons. The number of benzene rings is 1. The molecular formula is C27H48O13S. The highest BCUT2D eigenvalue weighted by molar-refractivity contribution is 7.86. The Morgan fingerprint density at radius 2 is 0.683 bits per heavy atom. The van der Waals surface area contributed by atoms with E-state index in [4.69, 9.17) is 51.6 Å². The van der Waals surface area contributed by atoms with Gasteiger partial charge in [0.1, 0.15) is 0 Å². The molecule has 1 rings (SSSR count). The Kier molecular flexibility index (Phi) is 26.5. The molecule has 1 aromatic rings. The fourth-order valence-electron chi connectivity index (χ4n) is 2.86. The van der Waals surface area contributed by atoms with E-state index in [0.29, 0.717) is 119 Å². The fraction of sp³-hybridized carbons (Fsp3) is 0.778. The highest BCUT2D eigenvalue weighted by atomic mass is 32.2. The van der Waals surface area contributed by atoms with E-state index in [2.05, 4.69) is 0 Å². The molecule has 0 fully saturated rings. The molecule has 0 saturated heterocycles. The summed E-state index contributed by atoms with van der Waals surface area (Å²) in [6, 6.07) is 7.98. The minimum atomic E-state index is -3.75. The molecule has 0 N–H and O–H groups in total. The van der Waals surface area contributed by atoms with Crippen molar-refractivity contribution in [3.63, 3.8) is 0 Å². The zero-order valence-corrected chi connectivity index (χ0v) is 25.1. The van der Waals surface area contributed by atoms with Crippen molar-refractivity contribution in [3.8, 4) is 0 Å². The lowest BCUT2D eigenvalue weighted by molar-refractivity contribution is -0.0261. The lowest BCUT2D eigenvalue weighted by atomic mass is 10.4. The van der Waals surface area contributed by atoms with Gasteiger partial charge in [0.15, 0.2) is 0 Å². The van der Waals surface area contributed by atoms with Crippen molar-refractivity contribution in [1.82, 2.24) is 0 Å². The first-order valence-corrected chi connectivity index (χ1v) is 15.2. The Labute approximate surface area is 244 Å². The normalized spacial score (nSPS) is 11.8. The molecule has 13 nitrogen and oxygen atoms in total. The summed E-state index contributed by atoms with van der Waals surface area (Å²) in [5, 5.41) is 0. The van der Waals surface area contributed by atoms with E-state index in [1.165, 1.54) is 12.1 Å². The molecule has 0 aliphatic heterocycles. The summed E-state index contributed by atoms with van der Waals surface area (Å²) in [6.45, 7) is 8.86. The SMILES string of the molecule is COCCOCCOCCOCCOCCOCCOCCOCCOCCOCCOS(=O)(=O)c1ccccc1. The summed E-state index contributed by atoms with van der Waals surface area (Å²) in [7, 11) is -2.11. The van der Waals surface area contributed by atoms with Gasteiger partial charge in [0.25, 0.3) is 10.1 Å². The van der Waals surface area contributed by atoms with Crippen molar-refractivity contribution in [3.05, 3.63) is 30.3 Å². The summed E-state index contributed by atoms with van der Waals surface area (Å²) in [6.07, 6.45) is 0. The van der Waals surface area contributed by atoms with Crippen molar-refractivity contribution in [1.29, 1.82) is 0 Å². The summed E-state index contributed by atoms with van der Waals surface area (Å²) >= 11 is 0. The van der Waals surface area contributed by atoms with Crippen LogP contribution in [0.15, 0.2) is 35.2 Å². The van der Waals surface area contributed by atoms with E-state index >= 15 is 0 Å². The van der Waals surface area contributed by atoms with E-state index in [0.717, 1.165) is 0 Å². The van der Waals surface area contributed by atoms with Gasteiger partial charge >= 0.3 is 0 Å². The molecule has 0 aromatic heterocycles. The van der Waals surface area contributed by atoms with Crippen LogP contribution in [0.1, 0.15) is 0 Å². The van der Waals surface area contributed by atoms with Gasteiger partial charge in [0, 0.05) is 7.11 Å². The van der Waals surface area contributed by atoms with Gasteiger partial charge < -0.3 is 47.4 Å². The van der Waals surface area contributed by atoms with Gasteiger partial charge in [-0.05, 0) is 12.1 Å². The van der Waals surface area contributed by atoms with Crippen molar-refractivity contribution in [2.45, 2.75) is 4.90 Å². The van der Waals surface area contributed by atoms with Crippen LogP contribution in [0.3, 0.4) is 0 Å². The third-order valence-corrected chi connectivity index (χ3v) is 6.23. The topological polar surface area (TPSA) is 136 Å². The Bertz CT molecular complexity index is 768. The highest BCUT2D eigenvalue weighted by Gasteiger charge is 2.13. The number of rotatable bonds is 32. The second-order valence-corrected chi connectivity index (χ2v) is 9.71. The van der Waals surface area contributed by atoms with E-state index in [1.54, 1.807) is 25.3 Å². The first-order chi connectivity index (χ1) is 20.2. The minimum absolute atomic E-state index is 0.0560. The highest BCUT2D eigenvalue weighted by Crippen LogP contribution is 2.10. The van der Waals surface area contributed by atoms with Crippen LogP contribution in [-0.4, -0.2) is 148 Å². The minimum Gasteiger partial charge on any atom is -0.382 e. The quantitative estimate of drug-likeness (QED) is 0.0852. The molecule has 0 aliphatic carbocycles. The van der Waals surface area contributed by atoms with Gasteiger partial charge in [0.2, 0.25) is 0 Å². The molecule has 0 amide bonds. The summed E-state index contributed by atoms with van der Waals surface area (Å²) in [4.78, 5) is 0.122. The molecule has 0 bridgehead atoms. The molecular weight excluding hydrogens is 564 g/mol. The molecule has 0 unspecified atom stereocenters. The molecule has 14 heteroatoms. The van der Waals surface area contributed by atoms with Gasteiger partial charge in [-0.2, -0.15) is 8.42 Å². The lowest BCUT2D eigenvalue weighted by Gasteiger charge is -2.09. The van der Waals surface area contributed by atoms with E-state index in [-0.39, 0.29) is 18.1 Å². The third kappa shape index (κ3) is 25.0. The first kappa shape index (κ1) is 37.8. The summed E-state index contributed by atoms with van der Waals surface area (Å²) < 4.78 is 82.2. The Balaban J connectivity index is 1.68. The van der Waals surface area contributed by atoms with Crippen LogP contribution in [0.4, 0.5) is 0 Å². The average molecular weight is 613 g/mol. The maximum atomic E-state index is 11.9. The van der Waals surface area contributed by atoms with Gasteiger partial charge in [0.05, 0.1) is 137 Å². The van der Waals surface area contributed by atoms with Crippen molar-refractivity contribution >= 4 is 10.1 Å². The monoisotopic (exact) mass is 612 g/mol. The van der Waals surface area contributed by atoms with Gasteiger partial charge in [-0.15, -0.1) is 0 Å². The van der Waals surface area contributed by atoms with E-state index in [1.807, 2.05) is 0 Å². The molecule has 0 spiro atoms.